The molecule has 0 amide bonds. The number of carbonyl (C=O) groups excluding carboxylic acids is 2. The highest BCUT2D eigenvalue weighted by atomic mass is 16.6. The number of benzene rings is 3. The van der Waals surface area contributed by atoms with Crippen LogP contribution in [0.2, 0.25) is 0 Å². The Hall–Kier alpha value is -3.80. The van der Waals surface area contributed by atoms with Crippen LogP contribution in [-0.2, 0) is 9.53 Å². The lowest BCUT2D eigenvalue weighted by molar-refractivity contribution is -0.151. The first-order valence-electron chi connectivity index (χ1n) is 15.0. The second kappa shape index (κ2) is 17.8. The molecule has 0 aromatic heterocycles. The van der Waals surface area contributed by atoms with Crippen LogP contribution in [0.5, 0.6) is 17.2 Å². The fraction of sp³-hybridized carbons (Fsp3) is 0.429. The zero-order valence-corrected chi connectivity index (χ0v) is 24.7. The number of ether oxygens (including phenoxy) is 4. The van der Waals surface area contributed by atoms with Crippen molar-refractivity contribution >= 4 is 11.9 Å². The van der Waals surface area contributed by atoms with Crippen LogP contribution in [0.15, 0.2) is 72.8 Å². The molecule has 0 aliphatic heterocycles. The molecule has 6 heteroatoms. The molecule has 0 bridgehead atoms. The second-order valence-electron chi connectivity index (χ2n) is 10.2. The third kappa shape index (κ3) is 11.3. The average Bonchev–Trinajstić information content (AvgIpc) is 3.00. The van der Waals surface area contributed by atoms with Gasteiger partial charge in [-0.05, 0) is 79.4 Å². The zero-order chi connectivity index (χ0) is 29.3. The van der Waals surface area contributed by atoms with Gasteiger partial charge in [-0.3, -0.25) is 0 Å². The van der Waals surface area contributed by atoms with E-state index < -0.39 is 18.0 Å². The van der Waals surface area contributed by atoms with E-state index >= 15 is 0 Å². The van der Waals surface area contributed by atoms with E-state index in [1.54, 1.807) is 43.3 Å². The zero-order valence-electron chi connectivity index (χ0n) is 24.7. The molecule has 0 fully saturated rings. The molecule has 3 rings (SSSR count). The molecule has 1 unspecified atom stereocenters. The summed E-state index contributed by atoms with van der Waals surface area (Å²) in [6, 6.07) is 21.9. The normalized spacial score (nSPS) is 11.5. The fourth-order valence-electron chi connectivity index (χ4n) is 4.26. The summed E-state index contributed by atoms with van der Waals surface area (Å²) in [5.74, 6) is 0.903. The lowest BCUT2D eigenvalue weighted by Gasteiger charge is -2.14. The maximum absolute atomic E-state index is 12.7. The highest BCUT2D eigenvalue weighted by Crippen LogP contribution is 2.24. The summed E-state index contributed by atoms with van der Waals surface area (Å²) in [5, 5.41) is 0. The van der Waals surface area contributed by atoms with E-state index in [2.05, 4.69) is 13.8 Å². The van der Waals surface area contributed by atoms with Crippen molar-refractivity contribution < 1.29 is 28.5 Å². The summed E-state index contributed by atoms with van der Waals surface area (Å²) in [7, 11) is 0. The van der Waals surface area contributed by atoms with Crippen molar-refractivity contribution in [2.45, 2.75) is 84.7 Å². The molecule has 3 aromatic rings. The van der Waals surface area contributed by atoms with Gasteiger partial charge in [0.25, 0.3) is 0 Å². The van der Waals surface area contributed by atoms with Crippen molar-refractivity contribution in [2.75, 3.05) is 13.2 Å². The minimum Gasteiger partial charge on any atom is -0.494 e. The summed E-state index contributed by atoms with van der Waals surface area (Å²) in [4.78, 5) is 24.7. The Morgan fingerprint density at radius 2 is 1.12 bits per heavy atom. The standard InChI is InChI=1S/C35H44O6/c1-4-6-8-9-10-12-25-38-31-19-17-29(18-20-31)28-13-15-30(16-14-28)35(37)41-33-23-21-32(22-24-33)40-27(3)34(36)39-26-11-7-5-2/h13-24,27H,4-12,25-26H2,1-3H3. The van der Waals surface area contributed by atoms with E-state index in [1.165, 1.54) is 32.1 Å². The number of carbonyl (C=O) groups is 2. The third-order valence-corrected chi connectivity index (χ3v) is 6.75. The molecule has 1 atom stereocenters. The Labute approximate surface area is 245 Å². The molecule has 3 aromatic carbocycles. The van der Waals surface area contributed by atoms with Gasteiger partial charge in [-0.15, -0.1) is 0 Å². The molecule has 0 saturated carbocycles. The summed E-state index contributed by atoms with van der Waals surface area (Å²) in [6.45, 7) is 7.12. The van der Waals surface area contributed by atoms with Crippen LogP contribution in [0.25, 0.3) is 11.1 Å². The highest BCUT2D eigenvalue weighted by molar-refractivity contribution is 5.91. The Morgan fingerprint density at radius 1 is 0.610 bits per heavy atom. The molecule has 41 heavy (non-hydrogen) atoms. The van der Waals surface area contributed by atoms with E-state index in [9.17, 15) is 9.59 Å². The van der Waals surface area contributed by atoms with E-state index in [0.29, 0.717) is 23.7 Å². The fourth-order valence-corrected chi connectivity index (χ4v) is 4.26. The van der Waals surface area contributed by atoms with Crippen LogP contribution in [0.1, 0.15) is 88.9 Å². The largest absolute Gasteiger partial charge is 0.494 e. The Balaban J connectivity index is 1.44. The maximum atomic E-state index is 12.7. The summed E-state index contributed by atoms with van der Waals surface area (Å²) < 4.78 is 22.3. The van der Waals surface area contributed by atoms with Crippen molar-refractivity contribution in [3.63, 3.8) is 0 Å². The first-order valence-corrected chi connectivity index (χ1v) is 15.0. The van der Waals surface area contributed by atoms with E-state index in [0.717, 1.165) is 49.2 Å². The molecule has 0 aliphatic carbocycles. The van der Waals surface area contributed by atoms with Gasteiger partial charge >= 0.3 is 11.9 Å². The van der Waals surface area contributed by atoms with Crippen molar-refractivity contribution in [2.24, 2.45) is 0 Å². The van der Waals surface area contributed by atoms with Gasteiger partial charge in [0, 0.05) is 0 Å². The monoisotopic (exact) mass is 560 g/mol. The smallest absolute Gasteiger partial charge is 0.347 e. The van der Waals surface area contributed by atoms with E-state index in [-0.39, 0.29) is 0 Å². The van der Waals surface area contributed by atoms with Gasteiger partial charge in [0.15, 0.2) is 6.10 Å². The van der Waals surface area contributed by atoms with Crippen molar-refractivity contribution in [3.8, 4) is 28.4 Å². The predicted octanol–water partition coefficient (Wildman–Crippen LogP) is 8.81. The van der Waals surface area contributed by atoms with Gasteiger partial charge in [-0.2, -0.15) is 0 Å². The molecule has 0 heterocycles. The van der Waals surface area contributed by atoms with Crippen molar-refractivity contribution in [3.05, 3.63) is 78.4 Å². The molecule has 0 N–H and O–H groups in total. The van der Waals surface area contributed by atoms with Crippen LogP contribution in [0.4, 0.5) is 0 Å². The minimum absolute atomic E-state index is 0.387. The van der Waals surface area contributed by atoms with E-state index in [4.69, 9.17) is 18.9 Å². The molecule has 220 valence electrons. The van der Waals surface area contributed by atoms with Crippen LogP contribution in [0.3, 0.4) is 0 Å². The SMILES string of the molecule is CCCCCCCCOc1ccc(-c2ccc(C(=O)Oc3ccc(OC(C)C(=O)OCCCCC)cc3)cc2)cc1. The van der Waals surface area contributed by atoms with Gasteiger partial charge in [-0.1, -0.05) is 83.1 Å². The van der Waals surface area contributed by atoms with E-state index in [1.807, 2.05) is 36.4 Å². The number of hydrogen-bond acceptors (Lipinski definition) is 6. The van der Waals surface area contributed by atoms with Crippen molar-refractivity contribution in [1.82, 2.24) is 0 Å². The van der Waals surface area contributed by atoms with Crippen LogP contribution >= 0.6 is 0 Å². The lowest BCUT2D eigenvalue weighted by atomic mass is 10.0. The van der Waals surface area contributed by atoms with Crippen LogP contribution in [0, 0.1) is 0 Å². The molecule has 0 aliphatic rings. The summed E-state index contributed by atoms with van der Waals surface area (Å²) in [6.07, 6.45) is 9.67. The minimum atomic E-state index is -0.725. The number of rotatable bonds is 18. The van der Waals surface area contributed by atoms with Gasteiger partial charge in [0.1, 0.15) is 17.2 Å². The first-order chi connectivity index (χ1) is 20.0. The molecular formula is C35H44O6. The number of esters is 2. The predicted molar refractivity (Wildman–Crippen MR) is 163 cm³/mol. The Bertz CT molecular complexity index is 1170. The maximum Gasteiger partial charge on any atom is 0.347 e. The van der Waals surface area contributed by atoms with Gasteiger partial charge in [0.2, 0.25) is 0 Å². The van der Waals surface area contributed by atoms with Gasteiger partial charge in [-0.25, -0.2) is 9.59 Å². The molecule has 0 radical (unpaired) electrons. The van der Waals surface area contributed by atoms with Crippen molar-refractivity contribution in [1.29, 1.82) is 0 Å². The number of hydrogen-bond donors (Lipinski definition) is 0. The molecule has 6 nitrogen and oxygen atoms in total. The average molecular weight is 561 g/mol. The molecule has 0 saturated heterocycles. The van der Waals surface area contributed by atoms with Crippen LogP contribution in [-0.4, -0.2) is 31.3 Å². The second-order valence-corrected chi connectivity index (χ2v) is 10.2. The summed E-state index contributed by atoms with van der Waals surface area (Å²) in [5.41, 5.74) is 2.50. The highest BCUT2D eigenvalue weighted by Gasteiger charge is 2.16. The Morgan fingerprint density at radius 3 is 1.78 bits per heavy atom. The quantitative estimate of drug-likeness (QED) is 0.0879. The molecular weight excluding hydrogens is 516 g/mol. The van der Waals surface area contributed by atoms with Gasteiger partial charge < -0.3 is 18.9 Å². The van der Waals surface area contributed by atoms with Crippen LogP contribution < -0.4 is 14.2 Å². The first kappa shape index (κ1) is 31.7. The topological polar surface area (TPSA) is 71.1 Å². The molecule has 0 spiro atoms. The Kier molecular flexibility index (Phi) is 13.8. The summed E-state index contributed by atoms with van der Waals surface area (Å²) >= 11 is 0. The lowest BCUT2D eigenvalue weighted by Crippen LogP contribution is -2.26. The third-order valence-electron chi connectivity index (χ3n) is 6.75. The number of unbranched alkanes of at least 4 members (excludes halogenated alkanes) is 7. The van der Waals surface area contributed by atoms with Gasteiger partial charge in [0.05, 0.1) is 18.8 Å².